The third-order valence-electron chi connectivity index (χ3n) is 3.87. The summed E-state index contributed by atoms with van der Waals surface area (Å²) >= 11 is 0. The van der Waals surface area contributed by atoms with E-state index in [4.69, 9.17) is 0 Å². The maximum absolute atomic E-state index is 13.7. The Morgan fingerprint density at radius 1 is 0.815 bits per heavy atom. The van der Waals surface area contributed by atoms with E-state index in [1.807, 2.05) is 30.3 Å². The number of aryl methyl sites for hydroxylation is 1. The van der Waals surface area contributed by atoms with E-state index in [1.165, 1.54) is 6.07 Å². The fourth-order valence-electron chi connectivity index (χ4n) is 2.50. The average Bonchev–Trinajstić information content (AvgIpc) is 2.65. The first kappa shape index (κ1) is 18.8. The minimum absolute atomic E-state index is 0.0300. The van der Waals surface area contributed by atoms with E-state index < -0.39 is 21.7 Å². The van der Waals surface area contributed by atoms with Crippen LogP contribution < -0.4 is 10.0 Å². The molecule has 2 N–H and O–H groups in total. The van der Waals surface area contributed by atoms with Crippen LogP contribution in [0.3, 0.4) is 0 Å². The molecular formula is C20H18F2N2O2S. The van der Waals surface area contributed by atoms with Crippen LogP contribution in [0.25, 0.3) is 0 Å². The molecule has 0 aliphatic carbocycles. The summed E-state index contributed by atoms with van der Waals surface area (Å²) in [6.07, 6.45) is 0.416. The third kappa shape index (κ3) is 5.52. The van der Waals surface area contributed by atoms with Crippen LogP contribution in [-0.2, 0) is 16.4 Å². The first-order valence-electron chi connectivity index (χ1n) is 8.28. The van der Waals surface area contributed by atoms with Crippen molar-refractivity contribution in [2.24, 2.45) is 0 Å². The van der Waals surface area contributed by atoms with Crippen molar-refractivity contribution in [2.75, 3.05) is 15.8 Å². The van der Waals surface area contributed by atoms with Gasteiger partial charge in [-0.05, 0) is 48.4 Å². The van der Waals surface area contributed by atoms with Crippen LogP contribution in [0.1, 0.15) is 5.56 Å². The highest BCUT2D eigenvalue weighted by Gasteiger charge is 2.11. The molecule has 0 fully saturated rings. The van der Waals surface area contributed by atoms with Crippen molar-refractivity contribution in [1.29, 1.82) is 0 Å². The van der Waals surface area contributed by atoms with E-state index in [9.17, 15) is 17.2 Å². The second-order valence-corrected chi connectivity index (χ2v) is 7.82. The van der Waals surface area contributed by atoms with Gasteiger partial charge in [0.2, 0.25) is 10.0 Å². The normalized spacial score (nSPS) is 11.2. The zero-order valence-corrected chi connectivity index (χ0v) is 15.1. The van der Waals surface area contributed by atoms with Gasteiger partial charge in [0.05, 0.1) is 11.4 Å². The zero-order valence-electron chi connectivity index (χ0n) is 14.3. The van der Waals surface area contributed by atoms with Crippen LogP contribution in [0.5, 0.6) is 0 Å². The average molecular weight is 388 g/mol. The molecule has 0 amide bonds. The predicted octanol–water partition coefficient (Wildman–Crippen LogP) is 4.69. The van der Waals surface area contributed by atoms with Crippen LogP contribution in [0.15, 0.2) is 72.8 Å². The largest absolute Gasteiger partial charge is 0.353 e. The van der Waals surface area contributed by atoms with Crippen molar-refractivity contribution in [3.05, 3.63) is 90.0 Å². The number of hydrogen-bond donors (Lipinski definition) is 2. The van der Waals surface area contributed by atoms with Crippen molar-refractivity contribution >= 4 is 27.1 Å². The smallest absolute Gasteiger partial charge is 0.233 e. The van der Waals surface area contributed by atoms with Gasteiger partial charge in [0.15, 0.2) is 0 Å². The van der Waals surface area contributed by atoms with E-state index in [2.05, 4.69) is 10.0 Å². The Kier molecular flexibility index (Phi) is 5.71. The van der Waals surface area contributed by atoms with Gasteiger partial charge in [-0.2, -0.15) is 0 Å². The van der Waals surface area contributed by atoms with Gasteiger partial charge in [0.25, 0.3) is 0 Å². The molecule has 0 saturated carbocycles. The van der Waals surface area contributed by atoms with E-state index in [0.29, 0.717) is 17.8 Å². The van der Waals surface area contributed by atoms with Crippen LogP contribution >= 0.6 is 0 Å². The molecule has 0 radical (unpaired) electrons. The third-order valence-corrected chi connectivity index (χ3v) is 5.16. The molecule has 3 aromatic carbocycles. The highest BCUT2D eigenvalue weighted by Crippen LogP contribution is 2.22. The fraction of sp³-hybridized carbons (Fsp3) is 0.100. The van der Waals surface area contributed by atoms with Crippen LogP contribution in [0.4, 0.5) is 25.8 Å². The van der Waals surface area contributed by atoms with Crippen LogP contribution in [-0.4, -0.2) is 14.2 Å². The lowest BCUT2D eigenvalue weighted by Gasteiger charge is -2.11. The SMILES string of the molecule is O=S(=O)(CCc1ccccc1)Nc1ccc(Nc2ccc(F)cc2F)cc1. The Labute approximate surface area is 156 Å². The summed E-state index contributed by atoms with van der Waals surface area (Å²) < 4.78 is 53.6. The molecule has 3 aromatic rings. The summed E-state index contributed by atoms with van der Waals surface area (Å²) in [5.41, 5.74) is 2.04. The van der Waals surface area contributed by atoms with Gasteiger partial charge in [0, 0.05) is 17.4 Å². The van der Waals surface area contributed by atoms with Gasteiger partial charge in [-0.25, -0.2) is 17.2 Å². The molecule has 0 aliphatic rings. The number of sulfonamides is 1. The summed E-state index contributed by atoms with van der Waals surface area (Å²) in [7, 11) is -3.49. The van der Waals surface area contributed by atoms with Gasteiger partial charge in [-0.15, -0.1) is 0 Å². The molecule has 0 bridgehead atoms. The number of benzene rings is 3. The summed E-state index contributed by atoms with van der Waals surface area (Å²) in [6, 6.07) is 19.0. The number of anilines is 3. The van der Waals surface area contributed by atoms with E-state index in [0.717, 1.165) is 17.7 Å². The molecule has 0 unspecified atom stereocenters. The van der Waals surface area contributed by atoms with Crippen molar-refractivity contribution in [2.45, 2.75) is 6.42 Å². The maximum Gasteiger partial charge on any atom is 0.233 e. The van der Waals surface area contributed by atoms with E-state index in [-0.39, 0.29) is 11.4 Å². The van der Waals surface area contributed by atoms with Gasteiger partial charge in [-0.1, -0.05) is 30.3 Å². The number of hydrogen-bond acceptors (Lipinski definition) is 3. The Balaban J connectivity index is 1.61. The molecule has 0 spiro atoms. The molecule has 27 heavy (non-hydrogen) atoms. The summed E-state index contributed by atoms with van der Waals surface area (Å²) in [6.45, 7) is 0. The molecule has 0 atom stereocenters. The molecule has 140 valence electrons. The Hall–Kier alpha value is -2.93. The van der Waals surface area contributed by atoms with E-state index >= 15 is 0 Å². The monoisotopic (exact) mass is 388 g/mol. The molecule has 4 nitrogen and oxygen atoms in total. The lowest BCUT2D eigenvalue weighted by atomic mass is 10.2. The highest BCUT2D eigenvalue weighted by molar-refractivity contribution is 7.92. The number of nitrogens with one attached hydrogen (secondary N) is 2. The first-order valence-corrected chi connectivity index (χ1v) is 9.93. The van der Waals surface area contributed by atoms with Crippen LogP contribution in [0, 0.1) is 11.6 Å². The van der Waals surface area contributed by atoms with Crippen molar-refractivity contribution in [3.63, 3.8) is 0 Å². The zero-order chi connectivity index (χ0) is 19.3. The quantitative estimate of drug-likeness (QED) is 0.617. The van der Waals surface area contributed by atoms with Gasteiger partial charge in [0.1, 0.15) is 11.6 Å². The topological polar surface area (TPSA) is 58.2 Å². The molecule has 0 heterocycles. The van der Waals surface area contributed by atoms with Crippen molar-refractivity contribution in [3.8, 4) is 0 Å². The Morgan fingerprint density at radius 3 is 2.15 bits per heavy atom. The minimum atomic E-state index is -3.49. The molecular weight excluding hydrogens is 370 g/mol. The molecule has 3 rings (SSSR count). The second kappa shape index (κ2) is 8.18. The fourth-order valence-corrected chi connectivity index (χ4v) is 3.60. The van der Waals surface area contributed by atoms with E-state index in [1.54, 1.807) is 24.3 Å². The standard InChI is InChI=1S/C20H18F2N2O2S/c21-16-6-11-20(19(22)14-16)23-17-7-9-18(10-8-17)24-27(25,26)13-12-15-4-2-1-3-5-15/h1-11,14,23-24H,12-13H2. The predicted molar refractivity (Wildman–Crippen MR) is 104 cm³/mol. The molecule has 7 heteroatoms. The van der Waals surface area contributed by atoms with Crippen LogP contribution in [0.2, 0.25) is 0 Å². The molecule has 0 saturated heterocycles. The summed E-state index contributed by atoms with van der Waals surface area (Å²) in [4.78, 5) is 0. The van der Waals surface area contributed by atoms with Gasteiger partial charge in [-0.3, -0.25) is 4.72 Å². The van der Waals surface area contributed by atoms with Gasteiger partial charge >= 0.3 is 0 Å². The Morgan fingerprint density at radius 2 is 1.48 bits per heavy atom. The van der Waals surface area contributed by atoms with Crippen molar-refractivity contribution in [1.82, 2.24) is 0 Å². The van der Waals surface area contributed by atoms with Gasteiger partial charge < -0.3 is 5.32 Å². The number of halogens is 2. The lowest BCUT2D eigenvalue weighted by molar-refractivity contribution is 0.586. The molecule has 0 aromatic heterocycles. The second-order valence-electron chi connectivity index (χ2n) is 5.98. The van der Waals surface area contributed by atoms with Crippen molar-refractivity contribution < 1.29 is 17.2 Å². The minimum Gasteiger partial charge on any atom is -0.353 e. The summed E-state index contributed by atoms with van der Waals surface area (Å²) in [5, 5.41) is 2.82. The lowest BCUT2D eigenvalue weighted by Crippen LogP contribution is -2.18. The number of rotatable bonds is 7. The highest BCUT2D eigenvalue weighted by atomic mass is 32.2. The summed E-state index contributed by atoms with van der Waals surface area (Å²) in [5.74, 6) is -1.39. The first-order chi connectivity index (χ1) is 12.9. The molecule has 0 aliphatic heterocycles. The Bertz CT molecular complexity index is 1010. The maximum atomic E-state index is 13.7.